The summed E-state index contributed by atoms with van der Waals surface area (Å²) in [5.74, 6) is 0.839. The third-order valence-corrected chi connectivity index (χ3v) is 5.84. The van der Waals surface area contributed by atoms with Crippen LogP contribution in [0.4, 0.5) is 16.2 Å². The van der Waals surface area contributed by atoms with Gasteiger partial charge in [-0.1, -0.05) is 23.7 Å². The number of rotatable bonds is 4. The van der Waals surface area contributed by atoms with Gasteiger partial charge in [0, 0.05) is 49.9 Å². The summed E-state index contributed by atoms with van der Waals surface area (Å²) in [7, 11) is 1.67. The van der Waals surface area contributed by atoms with Crippen LogP contribution in [-0.4, -0.2) is 62.7 Å². The molecule has 1 N–H and O–H groups in total. The van der Waals surface area contributed by atoms with E-state index in [4.69, 9.17) is 16.3 Å². The largest absolute Gasteiger partial charge is 0.495 e. The number of benzene rings is 2. The van der Waals surface area contributed by atoms with Gasteiger partial charge in [0.05, 0.1) is 18.8 Å². The highest BCUT2D eigenvalue weighted by molar-refractivity contribution is 6.30. The van der Waals surface area contributed by atoms with Crippen molar-refractivity contribution in [1.82, 2.24) is 10.2 Å². The maximum atomic E-state index is 12.7. The van der Waals surface area contributed by atoms with Crippen LogP contribution < -0.4 is 19.9 Å². The van der Waals surface area contributed by atoms with Crippen LogP contribution in [0.1, 0.15) is 6.42 Å². The molecule has 0 spiro atoms. The highest BCUT2D eigenvalue weighted by Crippen LogP contribution is 2.28. The number of para-hydroxylation sites is 2. The number of halogens is 1. The van der Waals surface area contributed by atoms with Crippen LogP contribution in [0.15, 0.2) is 48.5 Å². The number of carbonyl (C=O) groups is 2. The van der Waals surface area contributed by atoms with Crippen molar-refractivity contribution >= 4 is 34.9 Å². The van der Waals surface area contributed by atoms with Gasteiger partial charge >= 0.3 is 6.03 Å². The minimum atomic E-state index is -0.201. The van der Waals surface area contributed by atoms with E-state index in [1.165, 1.54) is 0 Å². The fourth-order valence-corrected chi connectivity index (χ4v) is 4.11. The summed E-state index contributed by atoms with van der Waals surface area (Å²) in [6.45, 7) is 3.16. The maximum absolute atomic E-state index is 12.7. The number of nitrogens with one attached hydrogen (secondary N) is 1. The molecule has 2 aromatic carbocycles. The van der Waals surface area contributed by atoms with E-state index in [2.05, 4.69) is 10.2 Å². The van der Waals surface area contributed by atoms with Gasteiger partial charge in [-0.2, -0.15) is 0 Å². The summed E-state index contributed by atoms with van der Waals surface area (Å²) in [5, 5.41) is 3.65. The summed E-state index contributed by atoms with van der Waals surface area (Å²) in [5.41, 5.74) is 1.84. The van der Waals surface area contributed by atoms with Crippen molar-refractivity contribution in [2.45, 2.75) is 12.5 Å². The van der Waals surface area contributed by atoms with Gasteiger partial charge in [-0.25, -0.2) is 4.79 Å². The normalized spacial score (nSPS) is 19.2. The molecule has 1 unspecified atom stereocenters. The second kappa shape index (κ2) is 8.83. The smallest absolute Gasteiger partial charge is 0.317 e. The summed E-state index contributed by atoms with van der Waals surface area (Å²) >= 11 is 5.93. The van der Waals surface area contributed by atoms with Crippen molar-refractivity contribution < 1.29 is 14.3 Å². The van der Waals surface area contributed by atoms with Gasteiger partial charge < -0.3 is 24.8 Å². The van der Waals surface area contributed by atoms with Crippen LogP contribution in [0.5, 0.6) is 5.75 Å². The van der Waals surface area contributed by atoms with Crippen molar-refractivity contribution in [3.05, 3.63) is 53.6 Å². The average molecular weight is 429 g/mol. The van der Waals surface area contributed by atoms with Crippen molar-refractivity contribution in [1.29, 1.82) is 0 Å². The maximum Gasteiger partial charge on any atom is 0.317 e. The second-order valence-corrected chi connectivity index (χ2v) is 7.91. The predicted molar refractivity (Wildman–Crippen MR) is 118 cm³/mol. The van der Waals surface area contributed by atoms with E-state index >= 15 is 0 Å². The van der Waals surface area contributed by atoms with Crippen LogP contribution in [0.25, 0.3) is 0 Å². The van der Waals surface area contributed by atoms with Crippen LogP contribution in [0.2, 0.25) is 5.02 Å². The monoisotopic (exact) mass is 428 g/mol. The number of ether oxygens (including phenoxy) is 1. The molecule has 2 heterocycles. The molecule has 0 aromatic heterocycles. The quantitative estimate of drug-likeness (QED) is 0.813. The Balaban J connectivity index is 1.31. The average Bonchev–Trinajstić information content (AvgIpc) is 3.14. The van der Waals surface area contributed by atoms with Crippen LogP contribution >= 0.6 is 11.6 Å². The standard InChI is InChI=1S/C22H25ClN4O3/c1-30-20-5-3-2-4-19(20)25-10-12-26(13-11-25)22(29)24-17-14-21(28)27(15-17)18-8-6-16(23)7-9-18/h2-9,17H,10-15H2,1H3,(H,24,29). The second-order valence-electron chi connectivity index (χ2n) is 7.48. The molecule has 2 aliphatic rings. The lowest BCUT2D eigenvalue weighted by molar-refractivity contribution is -0.117. The first kappa shape index (κ1) is 20.3. The van der Waals surface area contributed by atoms with Crippen molar-refractivity contribution in [2.24, 2.45) is 0 Å². The first-order valence-corrected chi connectivity index (χ1v) is 10.4. The predicted octanol–water partition coefficient (Wildman–Crippen LogP) is 2.99. The zero-order valence-corrected chi connectivity index (χ0v) is 17.6. The Morgan fingerprint density at radius 1 is 1.07 bits per heavy atom. The molecule has 1 atom stereocenters. The minimum absolute atomic E-state index is 0.00335. The Bertz CT molecular complexity index is 913. The first-order chi connectivity index (χ1) is 14.5. The minimum Gasteiger partial charge on any atom is -0.495 e. The van der Waals surface area contributed by atoms with E-state index in [1.807, 2.05) is 36.4 Å². The molecule has 30 heavy (non-hydrogen) atoms. The van der Waals surface area contributed by atoms with Gasteiger partial charge in [-0.3, -0.25) is 4.79 Å². The highest BCUT2D eigenvalue weighted by Gasteiger charge is 2.33. The van der Waals surface area contributed by atoms with E-state index in [0.29, 0.717) is 31.1 Å². The van der Waals surface area contributed by atoms with Crippen molar-refractivity contribution in [3.8, 4) is 5.75 Å². The fourth-order valence-electron chi connectivity index (χ4n) is 3.98. The van der Waals surface area contributed by atoms with E-state index in [-0.39, 0.29) is 18.0 Å². The first-order valence-electron chi connectivity index (χ1n) is 10.0. The van der Waals surface area contributed by atoms with Crippen LogP contribution in [0.3, 0.4) is 0 Å². The molecule has 2 aromatic rings. The zero-order valence-electron chi connectivity index (χ0n) is 16.9. The molecular weight excluding hydrogens is 404 g/mol. The lowest BCUT2D eigenvalue weighted by Gasteiger charge is -2.37. The number of urea groups is 1. The van der Waals surface area contributed by atoms with Gasteiger partial charge in [-0.15, -0.1) is 0 Å². The lowest BCUT2D eigenvalue weighted by Crippen LogP contribution is -2.54. The van der Waals surface area contributed by atoms with Gasteiger partial charge in [-0.05, 0) is 36.4 Å². The zero-order chi connectivity index (χ0) is 21.1. The molecule has 7 nitrogen and oxygen atoms in total. The molecular formula is C22H25ClN4O3. The Hall–Kier alpha value is -2.93. The van der Waals surface area contributed by atoms with E-state index in [1.54, 1.807) is 29.0 Å². The number of amides is 3. The summed E-state index contributed by atoms with van der Waals surface area (Å²) < 4.78 is 5.45. The molecule has 2 fully saturated rings. The van der Waals surface area contributed by atoms with E-state index in [9.17, 15) is 9.59 Å². The molecule has 8 heteroatoms. The molecule has 0 aliphatic carbocycles. The summed E-state index contributed by atoms with van der Waals surface area (Å²) in [6.07, 6.45) is 0.301. The molecule has 4 rings (SSSR count). The number of anilines is 2. The van der Waals surface area contributed by atoms with E-state index < -0.39 is 0 Å². The summed E-state index contributed by atoms with van der Waals surface area (Å²) in [4.78, 5) is 30.9. The Morgan fingerprint density at radius 2 is 1.77 bits per heavy atom. The number of carbonyl (C=O) groups excluding carboxylic acids is 2. The number of hydrogen-bond donors (Lipinski definition) is 1. The van der Waals surface area contributed by atoms with Gasteiger partial charge in [0.15, 0.2) is 0 Å². The summed E-state index contributed by atoms with van der Waals surface area (Å²) in [6, 6.07) is 14.8. The molecule has 0 radical (unpaired) electrons. The number of nitrogens with zero attached hydrogens (tertiary/aromatic N) is 3. The Labute approximate surface area is 181 Å². The fraction of sp³-hybridized carbons (Fsp3) is 0.364. The topological polar surface area (TPSA) is 65.1 Å². The van der Waals surface area contributed by atoms with Crippen LogP contribution in [0, 0.1) is 0 Å². The Morgan fingerprint density at radius 3 is 2.47 bits per heavy atom. The van der Waals surface area contributed by atoms with Crippen LogP contribution in [-0.2, 0) is 4.79 Å². The molecule has 158 valence electrons. The third-order valence-electron chi connectivity index (χ3n) is 5.58. The molecule has 0 saturated carbocycles. The van der Waals surface area contributed by atoms with Crippen molar-refractivity contribution in [3.63, 3.8) is 0 Å². The third kappa shape index (κ3) is 4.31. The number of hydrogen-bond acceptors (Lipinski definition) is 4. The molecule has 2 aliphatic heterocycles. The SMILES string of the molecule is COc1ccccc1N1CCN(C(=O)NC2CC(=O)N(c3ccc(Cl)cc3)C2)CC1. The highest BCUT2D eigenvalue weighted by atomic mass is 35.5. The Kier molecular flexibility index (Phi) is 5.99. The number of methoxy groups -OCH3 is 1. The molecule has 3 amide bonds. The number of piperazine rings is 1. The van der Waals surface area contributed by atoms with E-state index in [0.717, 1.165) is 30.2 Å². The van der Waals surface area contributed by atoms with Gasteiger partial charge in [0.2, 0.25) is 5.91 Å². The lowest BCUT2D eigenvalue weighted by atomic mass is 10.2. The van der Waals surface area contributed by atoms with Gasteiger partial charge in [0.1, 0.15) is 5.75 Å². The molecule has 0 bridgehead atoms. The van der Waals surface area contributed by atoms with Crippen molar-refractivity contribution in [2.75, 3.05) is 49.6 Å². The van der Waals surface area contributed by atoms with Gasteiger partial charge in [0.25, 0.3) is 0 Å². The molecule has 2 saturated heterocycles.